The summed E-state index contributed by atoms with van der Waals surface area (Å²) < 4.78 is 14.8. The van der Waals surface area contributed by atoms with Crippen LogP contribution in [0.5, 0.6) is 11.5 Å². The van der Waals surface area contributed by atoms with Crippen LogP contribution in [0.25, 0.3) is 11.0 Å². The SMILES string of the molecule is COc1ccc2nonc2c1OC. The van der Waals surface area contributed by atoms with E-state index in [2.05, 4.69) is 14.9 Å². The molecule has 0 unspecified atom stereocenters. The van der Waals surface area contributed by atoms with Gasteiger partial charge in [-0.3, -0.25) is 0 Å². The Balaban J connectivity index is 2.74. The van der Waals surface area contributed by atoms with Gasteiger partial charge in [-0.2, -0.15) is 0 Å². The molecule has 0 saturated carbocycles. The summed E-state index contributed by atoms with van der Waals surface area (Å²) in [6.07, 6.45) is 0. The first-order chi connectivity index (χ1) is 6.36. The predicted molar refractivity (Wildman–Crippen MR) is 44.9 cm³/mol. The second-order valence-corrected chi connectivity index (χ2v) is 2.43. The van der Waals surface area contributed by atoms with E-state index in [-0.39, 0.29) is 0 Å². The predicted octanol–water partition coefficient (Wildman–Crippen LogP) is 1.24. The summed E-state index contributed by atoms with van der Waals surface area (Å²) in [5, 5.41) is 7.39. The van der Waals surface area contributed by atoms with Crippen molar-refractivity contribution >= 4 is 11.0 Å². The molecule has 0 spiro atoms. The van der Waals surface area contributed by atoms with Crippen molar-refractivity contribution in [1.82, 2.24) is 10.3 Å². The molecule has 0 bridgehead atoms. The van der Waals surface area contributed by atoms with Crippen molar-refractivity contribution < 1.29 is 14.1 Å². The highest BCUT2D eigenvalue weighted by Crippen LogP contribution is 2.32. The maximum atomic E-state index is 5.12. The molecule has 1 aromatic heterocycles. The van der Waals surface area contributed by atoms with Crippen LogP contribution < -0.4 is 9.47 Å². The lowest BCUT2D eigenvalue weighted by atomic mass is 10.2. The Labute approximate surface area is 74.2 Å². The molecule has 2 rings (SSSR count). The Hall–Kier alpha value is -1.78. The van der Waals surface area contributed by atoms with Crippen LogP contribution in [0.3, 0.4) is 0 Å². The number of rotatable bonds is 2. The highest BCUT2D eigenvalue weighted by atomic mass is 16.6. The van der Waals surface area contributed by atoms with Crippen molar-refractivity contribution in [1.29, 1.82) is 0 Å². The van der Waals surface area contributed by atoms with Gasteiger partial charge in [0.1, 0.15) is 5.52 Å². The van der Waals surface area contributed by atoms with E-state index >= 15 is 0 Å². The highest BCUT2D eigenvalue weighted by molar-refractivity contribution is 5.83. The van der Waals surface area contributed by atoms with Gasteiger partial charge in [0.15, 0.2) is 17.0 Å². The van der Waals surface area contributed by atoms with Crippen molar-refractivity contribution in [2.45, 2.75) is 0 Å². The minimum Gasteiger partial charge on any atom is -0.493 e. The Morgan fingerprint density at radius 2 is 2.00 bits per heavy atom. The van der Waals surface area contributed by atoms with Crippen molar-refractivity contribution in [3.63, 3.8) is 0 Å². The molecule has 13 heavy (non-hydrogen) atoms. The fraction of sp³-hybridized carbons (Fsp3) is 0.250. The molecule has 0 aliphatic rings. The van der Waals surface area contributed by atoms with Gasteiger partial charge in [0.05, 0.1) is 14.2 Å². The summed E-state index contributed by atoms with van der Waals surface area (Å²) in [4.78, 5) is 0. The average Bonchev–Trinajstić information content (AvgIpc) is 2.63. The number of ether oxygens (including phenoxy) is 2. The van der Waals surface area contributed by atoms with Crippen molar-refractivity contribution in [3.8, 4) is 11.5 Å². The Bertz CT molecular complexity index is 424. The van der Waals surface area contributed by atoms with Crippen molar-refractivity contribution in [2.75, 3.05) is 14.2 Å². The number of hydrogen-bond acceptors (Lipinski definition) is 5. The molecule has 0 fully saturated rings. The lowest BCUT2D eigenvalue weighted by molar-refractivity contribution is 0.312. The molecule has 1 heterocycles. The third-order valence-electron chi connectivity index (χ3n) is 1.77. The molecule has 5 nitrogen and oxygen atoms in total. The summed E-state index contributed by atoms with van der Waals surface area (Å²) >= 11 is 0. The molecule has 0 saturated heterocycles. The third kappa shape index (κ3) is 1.09. The standard InChI is InChI=1S/C8H8N2O3/c1-11-6-4-3-5-7(8(6)12-2)10-13-9-5/h3-4H,1-2H3. The largest absolute Gasteiger partial charge is 0.493 e. The maximum Gasteiger partial charge on any atom is 0.192 e. The first kappa shape index (κ1) is 7.85. The molecular formula is C8H8N2O3. The van der Waals surface area contributed by atoms with E-state index in [0.717, 1.165) is 0 Å². The first-order valence-corrected chi connectivity index (χ1v) is 3.70. The lowest BCUT2D eigenvalue weighted by Crippen LogP contribution is -1.90. The van der Waals surface area contributed by atoms with Gasteiger partial charge in [-0.25, -0.2) is 4.63 Å². The molecular weight excluding hydrogens is 172 g/mol. The van der Waals surface area contributed by atoms with E-state index in [1.54, 1.807) is 26.4 Å². The fourth-order valence-corrected chi connectivity index (χ4v) is 1.17. The number of fused-ring (bicyclic) bond motifs is 1. The Morgan fingerprint density at radius 1 is 1.15 bits per heavy atom. The molecule has 5 heteroatoms. The van der Waals surface area contributed by atoms with Crippen LogP contribution in [0.1, 0.15) is 0 Å². The van der Waals surface area contributed by atoms with Gasteiger partial charge in [-0.05, 0) is 22.4 Å². The Kier molecular flexibility index (Phi) is 1.77. The van der Waals surface area contributed by atoms with Gasteiger partial charge in [0, 0.05) is 0 Å². The van der Waals surface area contributed by atoms with Gasteiger partial charge in [-0.15, -0.1) is 0 Å². The average molecular weight is 180 g/mol. The number of nitrogens with zero attached hydrogens (tertiary/aromatic N) is 2. The van der Waals surface area contributed by atoms with Crippen LogP contribution in [0.15, 0.2) is 16.8 Å². The Morgan fingerprint density at radius 3 is 2.69 bits per heavy atom. The lowest BCUT2D eigenvalue weighted by Gasteiger charge is -2.05. The highest BCUT2D eigenvalue weighted by Gasteiger charge is 2.12. The van der Waals surface area contributed by atoms with Gasteiger partial charge in [0.2, 0.25) is 0 Å². The van der Waals surface area contributed by atoms with E-state index < -0.39 is 0 Å². The van der Waals surface area contributed by atoms with Gasteiger partial charge >= 0.3 is 0 Å². The van der Waals surface area contributed by atoms with E-state index in [0.29, 0.717) is 22.5 Å². The second-order valence-electron chi connectivity index (χ2n) is 2.43. The molecule has 0 aliphatic heterocycles. The molecule has 68 valence electrons. The number of aromatic nitrogens is 2. The van der Waals surface area contributed by atoms with E-state index in [1.165, 1.54) is 0 Å². The molecule has 0 radical (unpaired) electrons. The number of hydrogen-bond donors (Lipinski definition) is 0. The van der Waals surface area contributed by atoms with Crippen molar-refractivity contribution in [2.24, 2.45) is 0 Å². The number of methoxy groups -OCH3 is 2. The first-order valence-electron chi connectivity index (χ1n) is 3.70. The van der Waals surface area contributed by atoms with Gasteiger partial charge in [0.25, 0.3) is 0 Å². The molecule has 0 aliphatic carbocycles. The molecule has 0 atom stereocenters. The maximum absolute atomic E-state index is 5.12. The van der Waals surface area contributed by atoms with Crippen LogP contribution in [0.4, 0.5) is 0 Å². The monoisotopic (exact) mass is 180 g/mol. The van der Waals surface area contributed by atoms with Crippen LogP contribution >= 0.6 is 0 Å². The summed E-state index contributed by atoms with van der Waals surface area (Å²) in [6, 6.07) is 3.51. The third-order valence-corrected chi connectivity index (χ3v) is 1.77. The minimum absolute atomic E-state index is 0.543. The van der Waals surface area contributed by atoms with Crippen molar-refractivity contribution in [3.05, 3.63) is 12.1 Å². The topological polar surface area (TPSA) is 57.4 Å². The summed E-state index contributed by atoms with van der Waals surface area (Å²) in [6.45, 7) is 0. The van der Waals surface area contributed by atoms with Gasteiger partial charge in [-0.1, -0.05) is 0 Å². The smallest absolute Gasteiger partial charge is 0.192 e. The normalized spacial score (nSPS) is 10.3. The van der Waals surface area contributed by atoms with E-state index in [4.69, 9.17) is 9.47 Å². The quantitative estimate of drug-likeness (QED) is 0.695. The molecule has 0 N–H and O–H groups in total. The van der Waals surface area contributed by atoms with Crippen LogP contribution in [0, 0.1) is 0 Å². The second kappa shape index (κ2) is 2.93. The zero-order valence-corrected chi connectivity index (χ0v) is 7.27. The fourth-order valence-electron chi connectivity index (χ4n) is 1.17. The van der Waals surface area contributed by atoms with E-state index in [1.807, 2.05) is 0 Å². The molecule has 2 aromatic rings. The summed E-state index contributed by atoms with van der Waals surface area (Å²) in [7, 11) is 3.11. The molecule has 0 amide bonds. The number of benzene rings is 1. The zero-order chi connectivity index (χ0) is 9.26. The zero-order valence-electron chi connectivity index (χ0n) is 7.27. The molecule has 1 aromatic carbocycles. The summed E-state index contributed by atoms with van der Waals surface area (Å²) in [5.74, 6) is 1.16. The van der Waals surface area contributed by atoms with Crippen LogP contribution in [-0.2, 0) is 0 Å². The minimum atomic E-state index is 0.543. The van der Waals surface area contributed by atoms with Crippen LogP contribution in [0.2, 0.25) is 0 Å². The summed E-state index contributed by atoms with van der Waals surface area (Å²) in [5.41, 5.74) is 1.22. The van der Waals surface area contributed by atoms with Crippen LogP contribution in [-0.4, -0.2) is 24.5 Å². The van der Waals surface area contributed by atoms with E-state index in [9.17, 15) is 0 Å². The van der Waals surface area contributed by atoms with Gasteiger partial charge < -0.3 is 9.47 Å².